The molecule has 3 rings (SSSR count). The molecule has 0 amide bonds. The average Bonchev–Trinajstić information content (AvgIpc) is 3.14. The van der Waals surface area contributed by atoms with Gasteiger partial charge in [-0.2, -0.15) is 0 Å². The van der Waals surface area contributed by atoms with E-state index in [0.717, 1.165) is 13.7 Å². The van der Waals surface area contributed by atoms with Crippen LogP contribution < -0.4 is 17.1 Å². The zero-order valence-corrected chi connectivity index (χ0v) is 12.5. The summed E-state index contributed by atoms with van der Waals surface area (Å²) in [5, 5.41) is 0. The molecule has 24 heavy (non-hydrogen) atoms. The van der Waals surface area contributed by atoms with Crippen LogP contribution in [0.15, 0.2) is 14.4 Å². The second-order valence-electron chi connectivity index (χ2n) is 5.23. The van der Waals surface area contributed by atoms with Crippen molar-refractivity contribution in [3.8, 4) is 0 Å². The number of rotatable bonds is 4. The molecule has 0 saturated carbocycles. The summed E-state index contributed by atoms with van der Waals surface area (Å²) in [4.78, 5) is 58.6. The Morgan fingerprint density at radius 3 is 1.54 bits per heavy atom. The van der Waals surface area contributed by atoms with Crippen LogP contribution >= 0.6 is 0 Å². The largest absolute Gasteiger partial charge is 0.508 e. The molecule has 2 atom stereocenters. The first-order valence-electron chi connectivity index (χ1n) is 6.94. The zero-order valence-electron chi connectivity index (χ0n) is 12.5. The molecular weight excluding hydrogens is 330 g/mol. The third kappa shape index (κ3) is 2.77. The maximum absolute atomic E-state index is 12.5. The fourth-order valence-electron chi connectivity index (χ4n) is 2.38. The number of nitrogens with zero attached hydrogens (tertiary/aromatic N) is 3. The van der Waals surface area contributed by atoms with Crippen molar-refractivity contribution in [2.45, 2.75) is 25.3 Å². The Labute approximate surface area is 132 Å². The maximum Gasteiger partial charge on any atom is 0.508 e. The minimum Gasteiger partial charge on any atom is -0.430 e. The molecule has 130 valence electrons. The predicted molar refractivity (Wildman–Crippen MR) is 72.6 cm³/mol. The molecule has 0 bridgehead atoms. The van der Waals surface area contributed by atoms with E-state index < -0.39 is 41.6 Å². The number of hydrogen-bond donors (Lipinski definition) is 0. The third-order valence-electron chi connectivity index (χ3n) is 3.57. The average molecular weight is 343 g/mol. The second-order valence-corrected chi connectivity index (χ2v) is 5.23. The Balaban J connectivity index is 1.95. The molecule has 2 saturated heterocycles. The van der Waals surface area contributed by atoms with Crippen molar-refractivity contribution in [1.82, 2.24) is 13.7 Å². The van der Waals surface area contributed by atoms with Gasteiger partial charge in [0.25, 0.3) is 0 Å². The van der Waals surface area contributed by atoms with Crippen LogP contribution in [0.25, 0.3) is 0 Å². The first kappa shape index (κ1) is 15.8. The Morgan fingerprint density at radius 1 is 0.792 bits per heavy atom. The molecule has 2 aliphatic rings. The molecule has 2 aliphatic heterocycles. The second kappa shape index (κ2) is 5.86. The lowest BCUT2D eigenvalue weighted by Gasteiger charge is -2.14. The summed E-state index contributed by atoms with van der Waals surface area (Å²) in [6.07, 6.45) is -3.43. The van der Waals surface area contributed by atoms with Crippen LogP contribution in [0, 0.1) is 0 Å². The quantitative estimate of drug-likeness (QED) is 0.556. The van der Waals surface area contributed by atoms with Gasteiger partial charge in [-0.15, -0.1) is 0 Å². The lowest BCUT2D eigenvalue weighted by atomic mass is 10.3. The van der Waals surface area contributed by atoms with Gasteiger partial charge in [0.15, 0.2) is 12.2 Å². The van der Waals surface area contributed by atoms with E-state index in [1.165, 1.54) is 7.05 Å². The van der Waals surface area contributed by atoms with Crippen molar-refractivity contribution < 1.29 is 28.5 Å². The highest BCUT2D eigenvalue weighted by molar-refractivity contribution is 5.62. The number of carbonyl (C=O) groups excluding carboxylic acids is 2. The minimum atomic E-state index is -0.908. The molecule has 2 fully saturated rings. The van der Waals surface area contributed by atoms with Crippen LogP contribution in [0.1, 0.15) is 0 Å². The molecule has 1 aromatic rings. The van der Waals surface area contributed by atoms with Gasteiger partial charge in [-0.25, -0.2) is 37.7 Å². The molecule has 0 N–H and O–H groups in total. The SMILES string of the molecule is Cn1c(=O)n(CC2COC(=O)O2)c(=O)n(CC2COC(=O)O2)c1=O. The summed E-state index contributed by atoms with van der Waals surface area (Å²) in [6, 6.07) is 0. The highest BCUT2D eigenvalue weighted by Gasteiger charge is 2.30. The smallest absolute Gasteiger partial charge is 0.430 e. The monoisotopic (exact) mass is 343 g/mol. The van der Waals surface area contributed by atoms with Crippen molar-refractivity contribution in [1.29, 1.82) is 0 Å². The summed E-state index contributed by atoms with van der Waals surface area (Å²) in [5.41, 5.74) is -2.62. The van der Waals surface area contributed by atoms with Gasteiger partial charge >= 0.3 is 29.4 Å². The minimum absolute atomic E-state index is 0.109. The molecule has 0 radical (unpaired) electrons. The van der Waals surface area contributed by atoms with E-state index in [9.17, 15) is 24.0 Å². The van der Waals surface area contributed by atoms with Crippen LogP contribution in [-0.2, 0) is 39.1 Å². The van der Waals surface area contributed by atoms with E-state index >= 15 is 0 Å². The van der Waals surface area contributed by atoms with Crippen molar-refractivity contribution in [2.24, 2.45) is 7.05 Å². The molecule has 0 aliphatic carbocycles. The molecule has 1 aromatic heterocycles. The van der Waals surface area contributed by atoms with Crippen molar-refractivity contribution in [3.05, 3.63) is 31.5 Å². The van der Waals surface area contributed by atoms with Gasteiger partial charge in [0.05, 0.1) is 13.1 Å². The van der Waals surface area contributed by atoms with E-state index in [1.807, 2.05) is 0 Å². The zero-order chi connectivity index (χ0) is 17.4. The van der Waals surface area contributed by atoms with Crippen LogP contribution in [0.4, 0.5) is 9.59 Å². The van der Waals surface area contributed by atoms with Crippen molar-refractivity contribution in [3.63, 3.8) is 0 Å². The van der Waals surface area contributed by atoms with E-state index in [4.69, 9.17) is 9.47 Å². The summed E-state index contributed by atoms with van der Waals surface area (Å²) < 4.78 is 21.0. The van der Waals surface area contributed by atoms with E-state index in [0.29, 0.717) is 0 Å². The Hall–Kier alpha value is -3.05. The Kier molecular flexibility index (Phi) is 3.87. The molecule has 2 unspecified atom stereocenters. The van der Waals surface area contributed by atoms with Gasteiger partial charge in [0.2, 0.25) is 0 Å². The number of hydrogen-bond acceptors (Lipinski definition) is 9. The first-order valence-corrected chi connectivity index (χ1v) is 6.94. The normalized spacial score (nSPS) is 22.7. The van der Waals surface area contributed by atoms with Crippen LogP contribution in [0.2, 0.25) is 0 Å². The summed E-state index contributed by atoms with van der Waals surface area (Å²) in [6.45, 7) is -0.750. The molecule has 3 heterocycles. The lowest BCUT2D eigenvalue weighted by molar-refractivity contribution is 0.111. The van der Waals surface area contributed by atoms with E-state index in [-0.39, 0.29) is 26.3 Å². The van der Waals surface area contributed by atoms with Crippen LogP contribution in [0.3, 0.4) is 0 Å². The van der Waals surface area contributed by atoms with Gasteiger partial charge in [0, 0.05) is 7.05 Å². The van der Waals surface area contributed by atoms with Gasteiger partial charge in [-0.05, 0) is 0 Å². The standard InChI is InChI=1S/C12H13N3O9/c1-13-8(16)14(2-6-4-21-11(19)23-6)10(18)15(9(13)17)3-7-5-22-12(20)24-7/h6-7H,2-5H2,1H3. The number of ether oxygens (including phenoxy) is 4. The number of aromatic nitrogens is 3. The Morgan fingerprint density at radius 2 is 1.21 bits per heavy atom. The van der Waals surface area contributed by atoms with Crippen molar-refractivity contribution in [2.75, 3.05) is 13.2 Å². The maximum atomic E-state index is 12.5. The van der Waals surface area contributed by atoms with E-state index in [2.05, 4.69) is 9.47 Å². The number of carbonyl (C=O) groups is 2. The van der Waals surface area contributed by atoms with Crippen LogP contribution in [-0.4, -0.2) is 51.4 Å². The highest BCUT2D eigenvalue weighted by atomic mass is 16.8. The summed E-state index contributed by atoms with van der Waals surface area (Å²) in [7, 11) is 1.20. The molecule has 12 nitrogen and oxygen atoms in total. The topological polar surface area (TPSA) is 137 Å². The summed E-state index contributed by atoms with van der Waals surface area (Å²) in [5.74, 6) is 0. The molecule has 0 aromatic carbocycles. The highest BCUT2D eigenvalue weighted by Crippen LogP contribution is 2.08. The van der Waals surface area contributed by atoms with Gasteiger partial charge in [0.1, 0.15) is 13.2 Å². The molecule has 0 spiro atoms. The first-order chi connectivity index (χ1) is 11.4. The van der Waals surface area contributed by atoms with Crippen molar-refractivity contribution >= 4 is 12.3 Å². The molecule has 12 heteroatoms. The van der Waals surface area contributed by atoms with Crippen LogP contribution in [0.5, 0.6) is 0 Å². The Bertz CT molecular complexity index is 798. The fraction of sp³-hybridized carbons (Fsp3) is 0.583. The van der Waals surface area contributed by atoms with Gasteiger partial charge < -0.3 is 18.9 Å². The fourth-order valence-corrected chi connectivity index (χ4v) is 2.38. The number of cyclic esters (lactones) is 4. The molecular formula is C12H13N3O9. The predicted octanol–water partition coefficient (Wildman–Crippen LogP) is -2.22. The van der Waals surface area contributed by atoms with Gasteiger partial charge in [-0.3, -0.25) is 0 Å². The lowest BCUT2D eigenvalue weighted by Crippen LogP contribution is -2.55. The third-order valence-corrected chi connectivity index (χ3v) is 3.57. The van der Waals surface area contributed by atoms with E-state index in [1.54, 1.807) is 0 Å². The summed E-state index contributed by atoms with van der Waals surface area (Å²) >= 11 is 0. The van der Waals surface area contributed by atoms with Gasteiger partial charge in [-0.1, -0.05) is 0 Å².